The minimum absolute atomic E-state index is 0.149. The molecule has 1 rings (SSSR count). The molecule has 0 unspecified atom stereocenters. The van der Waals surface area contributed by atoms with Crippen molar-refractivity contribution >= 4 is 17.3 Å². The molecular weight excluding hydrogens is 213 g/mol. The summed E-state index contributed by atoms with van der Waals surface area (Å²) in [6, 6.07) is 4.76. The summed E-state index contributed by atoms with van der Waals surface area (Å²) in [5, 5.41) is 0.149. The van der Waals surface area contributed by atoms with Crippen LogP contribution in [0.25, 0.3) is 0 Å². The summed E-state index contributed by atoms with van der Waals surface area (Å²) >= 11 is 5.60. The van der Waals surface area contributed by atoms with Gasteiger partial charge in [-0.15, -0.1) is 0 Å². The van der Waals surface area contributed by atoms with Crippen molar-refractivity contribution in [2.45, 2.75) is 20.8 Å². The lowest BCUT2D eigenvalue weighted by molar-refractivity contribution is 0.628. The Kier molecular flexibility index (Phi) is 4.28. The molecule has 0 aliphatic carbocycles. The van der Waals surface area contributed by atoms with E-state index in [2.05, 4.69) is 18.8 Å². The highest BCUT2D eigenvalue weighted by Crippen LogP contribution is 2.16. The summed E-state index contributed by atoms with van der Waals surface area (Å²) in [5.41, 5.74) is 1.64. The van der Waals surface area contributed by atoms with Gasteiger partial charge in [0.25, 0.3) is 0 Å². The second kappa shape index (κ2) is 5.26. The molecule has 82 valence electrons. The maximum atomic E-state index is 13.2. The van der Waals surface area contributed by atoms with Crippen molar-refractivity contribution < 1.29 is 4.39 Å². The van der Waals surface area contributed by atoms with Crippen molar-refractivity contribution in [1.29, 1.82) is 0 Å². The molecule has 0 saturated heterocycles. The van der Waals surface area contributed by atoms with Crippen LogP contribution >= 0.6 is 11.6 Å². The average molecular weight is 228 g/mol. The summed E-state index contributed by atoms with van der Waals surface area (Å²) in [6.45, 7) is 6.83. The normalized spacial score (nSPS) is 12.3. The van der Waals surface area contributed by atoms with E-state index < -0.39 is 5.82 Å². The molecule has 0 amide bonds. The van der Waals surface area contributed by atoms with Crippen molar-refractivity contribution in [3.8, 4) is 0 Å². The van der Waals surface area contributed by atoms with Gasteiger partial charge in [0, 0.05) is 12.3 Å². The Hall–Kier alpha value is -0.890. The Labute approximate surface area is 95.0 Å². The first kappa shape index (κ1) is 12.2. The number of benzene rings is 1. The monoisotopic (exact) mass is 227 g/mol. The van der Waals surface area contributed by atoms with Gasteiger partial charge in [-0.2, -0.15) is 0 Å². The van der Waals surface area contributed by atoms with Gasteiger partial charge in [0.2, 0.25) is 0 Å². The molecule has 0 atom stereocenters. The van der Waals surface area contributed by atoms with Gasteiger partial charge in [-0.1, -0.05) is 31.5 Å². The fourth-order valence-corrected chi connectivity index (χ4v) is 1.25. The van der Waals surface area contributed by atoms with Gasteiger partial charge in [0.1, 0.15) is 5.82 Å². The average Bonchev–Trinajstić information content (AvgIpc) is 2.18. The van der Waals surface area contributed by atoms with E-state index in [0.717, 1.165) is 17.8 Å². The van der Waals surface area contributed by atoms with E-state index in [-0.39, 0.29) is 5.02 Å². The van der Waals surface area contributed by atoms with Crippen LogP contribution in [0.5, 0.6) is 0 Å². The minimum atomic E-state index is -0.395. The highest BCUT2D eigenvalue weighted by Gasteiger charge is 2.03. The number of hydrogen-bond acceptors (Lipinski definition) is 1. The Morgan fingerprint density at radius 3 is 2.67 bits per heavy atom. The number of nitrogens with zero attached hydrogens (tertiary/aromatic N) is 1. The first-order valence-corrected chi connectivity index (χ1v) is 5.35. The molecule has 1 aromatic carbocycles. The second-order valence-electron chi connectivity index (χ2n) is 3.95. The molecule has 0 radical (unpaired) electrons. The van der Waals surface area contributed by atoms with Crippen LogP contribution in [0, 0.1) is 11.7 Å². The largest absolute Gasteiger partial charge is 0.289 e. The van der Waals surface area contributed by atoms with Crippen LogP contribution in [-0.4, -0.2) is 12.3 Å². The first-order chi connectivity index (χ1) is 7.00. The fraction of sp³-hybridized carbons (Fsp3) is 0.417. The van der Waals surface area contributed by atoms with Crippen molar-refractivity contribution in [2.24, 2.45) is 10.9 Å². The molecule has 0 aliphatic heterocycles. The molecule has 0 saturated carbocycles. The lowest BCUT2D eigenvalue weighted by atomic mass is 10.1. The molecule has 0 spiro atoms. The Morgan fingerprint density at radius 2 is 2.13 bits per heavy atom. The summed E-state index contributed by atoms with van der Waals surface area (Å²) in [7, 11) is 0. The van der Waals surface area contributed by atoms with Crippen LogP contribution in [0.2, 0.25) is 5.02 Å². The lowest BCUT2D eigenvalue weighted by Gasteiger charge is -2.04. The van der Waals surface area contributed by atoms with Gasteiger partial charge in [0.15, 0.2) is 0 Å². The minimum Gasteiger partial charge on any atom is -0.289 e. The van der Waals surface area contributed by atoms with Crippen molar-refractivity contribution in [3.63, 3.8) is 0 Å². The number of halogens is 2. The third-order valence-corrected chi connectivity index (χ3v) is 2.34. The van der Waals surface area contributed by atoms with Crippen LogP contribution in [0.4, 0.5) is 4.39 Å². The van der Waals surface area contributed by atoms with Crippen LogP contribution in [-0.2, 0) is 0 Å². The zero-order valence-electron chi connectivity index (χ0n) is 9.22. The molecule has 0 heterocycles. The quantitative estimate of drug-likeness (QED) is 0.694. The summed E-state index contributed by atoms with van der Waals surface area (Å²) in [4.78, 5) is 4.37. The van der Waals surface area contributed by atoms with E-state index in [9.17, 15) is 4.39 Å². The second-order valence-corrected chi connectivity index (χ2v) is 4.36. The third kappa shape index (κ3) is 3.63. The van der Waals surface area contributed by atoms with Gasteiger partial charge >= 0.3 is 0 Å². The van der Waals surface area contributed by atoms with E-state index in [4.69, 9.17) is 11.6 Å². The smallest absolute Gasteiger partial charge is 0.142 e. The van der Waals surface area contributed by atoms with E-state index in [1.165, 1.54) is 6.07 Å². The number of rotatable bonds is 3. The summed E-state index contributed by atoms with van der Waals surface area (Å²) < 4.78 is 13.2. The van der Waals surface area contributed by atoms with E-state index >= 15 is 0 Å². The van der Waals surface area contributed by atoms with Crippen molar-refractivity contribution in [3.05, 3.63) is 34.6 Å². The lowest BCUT2D eigenvalue weighted by Crippen LogP contribution is -2.00. The summed E-state index contributed by atoms with van der Waals surface area (Å²) in [5.74, 6) is 0.116. The highest BCUT2D eigenvalue weighted by molar-refractivity contribution is 6.30. The number of hydrogen-bond donors (Lipinski definition) is 0. The molecule has 15 heavy (non-hydrogen) atoms. The van der Waals surface area contributed by atoms with E-state index in [0.29, 0.717) is 5.92 Å². The first-order valence-electron chi connectivity index (χ1n) is 4.97. The van der Waals surface area contributed by atoms with E-state index in [1.54, 1.807) is 12.1 Å². The van der Waals surface area contributed by atoms with Gasteiger partial charge in [-0.05, 0) is 30.5 Å². The van der Waals surface area contributed by atoms with Crippen LogP contribution in [0.15, 0.2) is 23.2 Å². The Bertz CT molecular complexity index is 372. The molecule has 0 aromatic heterocycles. The SMILES string of the molecule is C/C(=N\CC(C)C)c1ccc(Cl)c(F)c1. The molecular formula is C12H15ClFN. The predicted octanol–water partition coefficient (Wildman–Crippen LogP) is 3.94. The molecule has 0 bridgehead atoms. The maximum Gasteiger partial charge on any atom is 0.142 e. The summed E-state index contributed by atoms with van der Waals surface area (Å²) in [6.07, 6.45) is 0. The molecule has 0 fully saturated rings. The van der Waals surface area contributed by atoms with Crippen molar-refractivity contribution in [2.75, 3.05) is 6.54 Å². The fourth-order valence-electron chi connectivity index (χ4n) is 1.13. The third-order valence-electron chi connectivity index (χ3n) is 2.03. The van der Waals surface area contributed by atoms with Gasteiger partial charge in [-0.3, -0.25) is 4.99 Å². The Morgan fingerprint density at radius 1 is 1.47 bits per heavy atom. The molecule has 0 N–H and O–H groups in total. The Balaban J connectivity index is 2.87. The molecule has 1 aromatic rings. The van der Waals surface area contributed by atoms with Gasteiger partial charge < -0.3 is 0 Å². The van der Waals surface area contributed by atoms with Gasteiger partial charge in [-0.25, -0.2) is 4.39 Å². The standard InChI is InChI=1S/C12H15ClFN/c1-8(2)7-15-9(3)10-4-5-11(13)12(14)6-10/h4-6,8H,7H2,1-3H3/b15-9+. The van der Waals surface area contributed by atoms with Crippen LogP contribution < -0.4 is 0 Å². The molecule has 0 aliphatic rings. The van der Waals surface area contributed by atoms with Crippen LogP contribution in [0.3, 0.4) is 0 Å². The predicted molar refractivity (Wildman–Crippen MR) is 63.3 cm³/mol. The topological polar surface area (TPSA) is 12.4 Å². The zero-order chi connectivity index (χ0) is 11.4. The number of aliphatic imine (C=N–C) groups is 1. The van der Waals surface area contributed by atoms with Gasteiger partial charge in [0.05, 0.1) is 5.02 Å². The zero-order valence-corrected chi connectivity index (χ0v) is 9.98. The molecule has 3 heteroatoms. The van der Waals surface area contributed by atoms with E-state index in [1.807, 2.05) is 6.92 Å². The maximum absolute atomic E-state index is 13.2. The van der Waals surface area contributed by atoms with Crippen LogP contribution in [0.1, 0.15) is 26.3 Å². The van der Waals surface area contributed by atoms with Crippen molar-refractivity contribution in [1.82, 2.24) is 0 Å². The highest BCUT2D eigenvalue weighted by atomic mass is 35.5. The molecule has 1 nitrogen and oxygen atoms in total.